The maximum absolute atomic E-state index is 12.6. The van der Waals surface area contributed by atoms with Gasteiger partial charge >= 0.3 is 10.1 Å². The van der Waals surface area contributed by atoms with Crippen LogP contribution in [0.25, 0.3) is 0 Å². The summed E-state index contributed by atoms with van der Waals surface area (Å²) in [6.45, 7) is 1.86. The summed E-state index contributed by atoms with van der Waals surface area (Å²) in [5.74, 6) is -0.213. The number of amides is 1. The number of benzene rings is 3. The van der Waals surface area contributed by atoms with Gasteiger partial charge in [-0.1, -0.05) is 24.3 Å². The minimum atomic E-state index is -4.36. The van der Waals surface area contributed by atoms with Gasteiger partial charge < -0.3 is 8.92 Å². The average Bonchev–Trinajstić information content (AvgIpc) is 2.79. The average molecular weight is 469 g/mol. The first-order valence-electron chi connectivity index (χ1n) is 9.47. The zero-order valence-electron chi connectivity index (χ0n) is 17.6. The van der Waals surface area contributed by atoms with Crippen LogP contribution < -0.4 is 14.3 Å². The number of hydrazone groups is 1. The maximum atomic E-state index is 12.6. The van der Waals surface area contributed by atoms with Crippen LogP contribution >= 0.6 is 0 Å². The molecule has 0 radical (unpaired) electrons. The Labute approximate surface area is 189 Å². The van der Waals surface area contributed by atoms with Gasteiger partial charge in [-0.05, 0) is 42.8 Å². The second-order valence-corrected chi connectivity index (χ2v) is 8.28. The van der Waals surface area contributed by atoms with Crippen molar-refractivity contribution in [3.63, 3.8) is 0 Å². The monoisotopic (exact) mass is 469 g/mol. The van der Waals surface area contributed by atoms with Crippen molar-refractivity contribution in [3.05, 3.63) is 93.5 Å². The quantitative estimate of drug-likeness (QED) is 0.231. The number of carbonyl (C=O) groups is 1. The van der Waals surface area contributed by atoms with E-state index < -0.39 is 20.9 Å². The Morgan fingerprint density at radius 1 is 1.06 bits per heavy atom. The molecule has 0 unspecified atom stereocenters. The number of hydrogen-bond acceptors (Lipinski definition) is 8. The molecule has 3 aromatic rings. The minimum absolute atomic E-state index is 0.0741. The molecule has 0 aromatic heterocycles. The number of rotatable bonds is 8. The van der Waals surface area contributed by atoms with E-state index in [0.29, 0.717) is 5.75 Å². The molecule has 0 aliphatic heterocycles. The fraction of sp³-hybridized carbons (Fsp3) is 0.0909. The molecule has 33 heavy (non-hydrogen) atoms. The molecule has 0 aliphatic carbocycles. The number of methoxy groups -OCH3 is 1. The van der Waals surface area contributed by atoms with E-state index in [1.54, 1.807) is 30.3 Å². The zero-order valence-corrected chi connectivity index (χ0v) is 18.4. The van der Waals surface area contributed by atoms with E-state index >= 15 is 0 Å². The summed E-state index contributed by atoms with van der Waals surface area (Å²) in [4.78, 5) is 22.3. The molecule has 1 N–H and O–H groups in total. The summed E-state index contributed by atoms with van der Waals surface area (Å²) < 4.78 is 35.6. The first-order valence-corrected chi connectivity index (χ1v) is 10.9. The van der Waals surface area contributed by atoms with E-state index in [0.717, 1.165) is 11.6 Å². The van der Waals surface area contributed by atoms with Gasteiger partial charge in [-0.15, -0.1) is 0 Å². The van der Waals surface area contributed by atoms with E-state index in [-0.39, 0.29) is 27.5 Å². The lowest BCUT2D eigenvalue weighted by Crippen LogP contribution is -2.18. The van der Waals surface area contributed by atoms with Crippen molar-refractivity contribution in [3.8, 4) is 11.5 Å². The van der Waals surface area contributed by atoms with E-state index in [1.165, 1.54) is 43.7 Å². The summed E-state index contributed by atoms with van der Waals surface area (Å²) >= 11 is 0. The van der Waals surface area contributed by atoms with Crippen molar-refractivity contribution in [2.45, 2.75) is 11.8 Å². The van der Waals surface area contributed by atoms with Crippen LogP contribution in [0.1, 0.15) is 21.5 Å². The van der Waals surface area contributed by atoms with Crippen LogP contribution in [-0.4, -0.2) is 32.6 Å². The molecule has 0 saturated heterocycles. The Morgan fingerprint density at radius 2 is 1.82 bits per heavy atom. The van der Waals surface area contributed by atoms with E-state index in [4.69, 9.17) is 8.92 Å². The Kier molecular flexibility index (Phi) is 7.04. The molecular formula is C22H19N3O7S. The van der Waals surface area contributed by atoms with Gasteiger partial charge in [0.2, 0.25) is 0 Å². The number of carbonyl (C=O) groups excluding carboxylic acids is 1. The molecule has 0 heterocycles. The van der Waals surface area contributed by atoms with Crippen molar-refractivity contribution in [1.82, 2.24) is 5.43 Å². The van der Waals surface area contributed by atoms with Gasteiger partial charge in [0.05, 0.1) is 23.8 Å². The van der Waals surface area contributed by atoms with Crippen LogP contribution in [0.15, 0.2) is 76.7 Å². The van der Waals surface area contributed by atoms with Crippen molar-refractivity contribution in [2.75, 3.05) is 7.11 Å². The number of nitrogens with one attached hydrogen (secondary N) is 1. The zero-order chi connectivity index (χ0) is 24.0. The predicted octanol–water partition coefficient (Wildman–Crippen LogP) is 3.44. The molecule has 3 aromatic carbocycles. The lowest BCUT2D eigenvalue weighted by Gasteiger charge is -2.10. The Balaban J connectivity index is 1.79. The van der Waals surface area contributed by atoms with Crippen LogP contribution in [-0.2, 0) is 10.1 Å². The van der Waals surface area contributed by atoms with E-state index in [1.807, 2.05) is 6.92 Å². The van der Waals surface area contributed by atoms with Crippen LogP contribution in [0.4, 0.5) is 5.69 Å². The third-order valence-corrected chi connectivity index (χ3v) is 5.64. The number of hydrogen-bond donors (Lipinski definition) is 1. The lowest BCUT2D eigenvalue weighted by atomic mass is 10.1. The van der Waals surface area contributed by atoms with Crippen LogP contribution in [0, 0.1) is 17.0 Å². The van der Waals surface area contributed by atoms with Gasteiger partial charge in [0.1, 0.15) is 10.6 Å². The number of nitro benzene ring substituents is 1. The largest absolute Gasteiger partial charge is 0.496 e. The van der Waals surface area contributed by atoms with Gasteiger partial charge in [0.25, 0.3) is 11.6 Å². The smallest absolute Gasteiger partial charge is 0.339 e. The molecule has 11 heteroatoms. The molecule has 0 saturated carbocycles. The number of aryl methyl sites for hydroxylation is 1. The van der Waals surface area contributed by atoms with Crippen molar-refractivity contribution < 1.29 is 27.1 Å². The fourth-order valence-corrected chi connectivity index (χ4v) is 3.78. The highest BCUT2D eigenvalue weighted by Crippen LogP contribution is 2.24. The fourth-order valence-electron chi connectivity index (χ4n) is 2.79. The summed E-state index contributed by atoms with van der Waals surface area (Å²) in [7, 11) is -2.91. The molecule has 0 bridgehead atoms. The van der Waals surface area contributed by atoms with E-state index in [9.17, 15) is 23.3 Å². The summed E-state index contributed by atoms with van der Waals surface area (Å²) in [5, 5.41) is 14.8. The minimum Gasteiger partial charge on any atom is -0.496 e. The highest BCUT2D eigenvalue weighted by atomic mass is 32.2. The standard InChI is InChI=1S/C22H19N3O7S/c1-15-10-11-19(21(12-15)31-2)22(26)24-23-14-16-6-3-4-9-20(16)32-33(29,30)18-8-5-7-17(13-18)25(27)28/h3-14H,1-2H3,(H,24,26)/b23-14-. The summed E-state index contributed by atoms with van der Waals surface area (Å²) in [6, 6.07) is 15.7. The molecule has 0 atom stereocenters. The number of nitrogens with zero attached hydrogens (tertiary/aromatic N) is 2. The van der Waals surface area contributed by atoms with E-state index in [2.05, 4.69) is 10.5 Å². The highest BCUT2D eigenvalue weighted by Gasteiger charge is 2.21. The number of nitro groups is 1. The van der Waals surface area contributed by atoms with Crippen LogP contribution in [0.5, 0.6) is 11.5 Å². The first-order chi connectivity index (χ1) is 15.7. The summed E-state index contributed by atoms with van der Waals surface area (Å²) in [5.41, 5.74) is 3.42. The van der Waals surface area contributed by atoms with Crippen molar-refractivity contribution >= 4 is 27.9 Å². The second-order valence-electron chi connectivity index (χ2n) is 6.73. The molecule has 3 rings (SSSR count). The van der Waals surface area contributed by atoms with Gasteiger partial charge in [-0.3, -0.25) is 14.9 Å². The molecule has 0 aliphatic rings. The van der Waals surface area contributed by atoms with Crippen molar-refractivity contribution in [2.24, 2.45) is 5.10 Å². The van der Waals surface area contributed by atoms with Crippen LogP contribution in [0.3, 0.4) is 0 Å². The van der Waals surface area contributed by atoms with Gasteiger partial charge in [0.15, 0.2) is 5.75 Å². The van der Waals surface area contributed by atoms with Gasteiger partial charge in [0, 0.05) is 17.7 Å². The van der Waals surface area contributed by atoms with Crippen LogP contribution in [0.2, 0.25) is 0 Å². The molecule has 170 valence electrons. The third-order valence-electron chi connectivity index (χ3n) is 4.41. The number of ether oxygens (including phenoxy) is 1. The molecule has 1 amide bonds. The number of para-hydroxylation sites is 1. The second kappa shape index (κ2) is 9.92. The first kappa shape index (κ1) is 23.4. The van der Waals surface area contributed by atoms with Crippen molar-refractivity contribution in [1.29, 1.82) is 0 Å². The molecule has 0 fully saturated rings. The third kappa shape index (κ3) is 5.71. The molecule has 0 spiro atoms. The highest BCUT2D eigenvalue weighted by molar-refractivity contribution is 7.87. The van der Waals surface area contributed by atoms with Gasteiger partial charge in [-0.2, -0.15) is 13.5 Å². The Bertz CT molecular complexity index is 1340. The maximum Gasteiger partial charge on any atom is 0.339 e. The Hall–Kier alpha value is -4.25. The molecule has 10 nitrogen and oxygen atoms in total. The summed E-state index contributed by atoms with van der Waals surface area (Å²) in [6.07, 6.45) is 1.22. The normalized spacial score (nSPS) is 11.2. The SMILES string of the molecule is COc1cc(C)ccc1C(=O)N/N=C\c1ccccc1OS(=O)(=O)c1cccc([N+](=O)[O-])c1. The van der Waals surface area contributed by atoms with Gasteiger partial charge in [-0.25, -0.2) is 5.43 Å². The molecular weight excluding hydrogens is 450 g/mol. The predicted molar refractivity (Wildman–Crippen MR) is 120 cm³/mol. The topological polar surface area (TPSA) is 137 Å². The number of non-ortho nitro benzene ring substituents is 1. The lowest BCUT2D eigenvalue weighted by molar-refractivity contribution is -0.385. The Morgan fingerprint density at radius 3 is 2.55 bits per heavy atom.